The minimum absolute atomic E-state index is 0.127. The van der Waals surface area contributed by atoms with Crippen LogP contribution in [-0.2, 0) is 14.1 Å². The topological polar surface area (TPSA) is 125 Å². The third-order valence-corrected chi connectivity index (χ3v) is 1.97. The molecule has 0 heterocycles. The van der Waals surface area contributed by atoms with E-state index in [1.807, 2.05) is 0 Å². The van der Waals surface area contributed by atoms with Crippen molar-refractivity contribution in [1.82, 2.24) is 4.90 Å². The second kappa shape index (κ2) is 10.7. The van der Waals surface area contributed by atoms with Crippen molar-refractivity contribution in [2.24, 2.45) is 10.7 Å². The highest BCUT2D eigenvalue weighted by Crippen LogP contribution is 2.34. The number of aliphatic imine (C=N–C) groups is 1. The minimum atomic E-state index is -3.94. The van der Waals surface area contributed by atoms with Crippen LogP contribution in [-0.4, -0.2) is 53.5 Å². The Labute approximate surface area is 113 Å². The molecule has 112 valence electrons. The van der Waals surface area contributed by atoms with Crippen molar-refractivity contribution < 1.29 is 23.9 Å². The van der Waals surface area contributed by atoms with E-state index in [9.17, 15) is 9.36 Å². The molecule has 0 aliphatic carbocycles. The van der Waals surface area contributed by atoms with Crippen LogP contribution in [0.1, 0.15) is 13.8 Å². The Bertz CT molecular complexity index is 351. The lowest BCUT2D eigenvalue weighted by atomic mass is 10.5. The van der Waals surface area contributed by atoms with Gasteiger partial charge < -0.3 is 25.2 Å². The van der Waals surface area contributed by atoms with Gasteiger partial charge in [0.05, 0.1) is 6.10 Å². The Morgan fingerprint density at radius 1 is 1.53 bits per heavy atom. The maximum atomic E-state index is 10.1. The van der Waals surface area contributed by atoms with Crippen molar-refractivity contribution in [3.63, 3.8) is 0 Å². The number of amides is 1. The van der Waals surface area contributed by atoms with Gasteiger partial charge in [-0.15, -0.1) is 0 Å². The number of rotatable bonds is 6. The molecule has 0 aliphatic rings. The molecule has 0 fully saturated rings. The number of nitrogens with two attached hydrogens (primary N) is 1. The summed E-state index contributed by atoms with van der Waals surface area (Å²) in [7, 11) is -0.740. The lowest BCUT2D eigenvalue weighted by Gasteiger charge is -2.07. The second-order valence-electron chi connectivity index (χ2n) is 3.74. The van der Waals surface area contributed by atoms with Gasteiger partial charge in [0, 0.05) is 20.3 Å². The molecule has 0 bridgehead atoms. The van der Waals surface area contributed by atoms with Crippen LogP contribution in [0.25, 0.3) is 0 Å². The lowest BCUT2D eigenvalue weighted by Crippen LogP contribution is -2.11. The zero-order valence-electron chi connectivity index (χ0n) is 11.6. The molecule has 0 aromatic carbocycles. The highest BCUT2D eigenvalue weighted by atomic mass is 31.2. The van der Waals surface area contributed by atoms with E-state index in [-0.39, 0.29) is 6.10 Å². The Balaban J connectivity index is 0. The van der Waals surface area contributed by atoms with Crippen molar-refractivity contribution >= 4 is 19.8 Å². The fourth-order valence-electron chi connectivity index (χ4n) is 0.550. The first kappa shape index (κ1) is 20.1. The Hall–Kier alpha value is -1.21. The highest BCUT2D eigenvalue weighted by Gasteiger charge is 2.12. The second-order valence-corrected chi connectivity index (χ2v) is 5.33. The van der Waals surface area contributed by atoms with Crippen LogP contribution in [0.5, 0.6) is 0 Å². The molecule has 4 N–H and O–H groups in total. The predicted molar refractivity (Wildman–Crippen MR) is 73.6 cm³/mol. The first-order chi connectivity index (χ1) is 8.62. The van der Waals surface area contributed by atoms with Crippen LogP contribution in [0.3, 0.4) is 0 Å². The van der Waals surface area contributed by atoms with E-state index in [1.165, 1.54) is 11.1 Å². The molecule has 19 heavy (non-hydrogen) atoms. The molecule has 1 amide bonds. The van der Waals surface area contributed by atoms with Gasteiger partial charge in [0.2, 0.25) is 6.41 Å². The third-order valence-electron chi connectivity index (χ3n) is 1.48. The van der Waals surface area contributed by atoms with Gasteiger partial charge in [-0.05, 0) is 19.9 Å². The highest BCUT2D eigenvalue weighted by molar-refractivity contribution is 7.51. The first-order valence-electron chi connectivity index (χ1n) is 5.36. The first-order valence-corrected chi connectivity index (χ1v) is 7.16. The molecule has 0 aliphatic heterocycles. The average Bonchev–Trinajstić information content (AvgIpc) is 2.32. The summed E-state index contributed by atoms with van der Waals surface area (Å²) in [6.45, 7) is 3.44. The number of carbonyl (C=O) groups is 1. The molecule has 0 saturated heterocycles. The third kappa shape index (κ3) is 19.3. The molecule has 0 radical (unpaired) electrons. The number of nitrogens with zero attached hydrogens (tertiary/aromatic N) is 2. The maximum Gasteiger partial charge on any atom is 0.350 e. The lowest BCUT2D eigenvalue weighted by molar-refractivity contribution is -0.114. The molecular weight excluding hydrogens is 273 g/mol. The molecule has 0 atom stereocenters. The largest absolute Gasteiger partial charge is 0.384 e. The molecule has 0 saturated carbocycles. The van der Waals surface area contributed by atoms with Gasteiger partial charge in [0.15, 0.2) is 0 Å². The zero-order valence-corrected chi connectivity index (χ0v) is 12.4. The fraction of sp³-hybridized carbons (Fsp3) is 0.600. The van der Waals surface area contributed by atoms with Gasteiger partial charge in [-0.1, -0.05) is 0 Å². The molecule has 0 unspecified atom stereocenters. The van der Waals surface area contributed by atoms with E-state index in [0.717, 1.165) is 0 Å². The summed E-state index contributed by atoms with van der Waals surface area (Å²) in [6, 6.07) is 0. The SMILES string of the molecule is CC(C)OCP(=O)(O)O.CN=C(N)/C=C\N(C)C=O. The average molecular weight is 295 g/mol. The van der Waals surface area contributed by atoms with Crippen LogP contribution in [0.15, 0.2) is 17.3 Å². The number of carbonyl (C=O) groups excluding carboxylic acids is 1. The standard InChI is InChI=1S/C6H11N3O.C4H11O4P/c1-8-6(7)3-4-9(2)5-10;1-4(2)8-3-9(5,6)7/h3-5H,1-2H3,(H2,7,8);4H,3H2,1-2H3,(H2,5,6,7)/b4-3-;. The van der Waals surface area contributed by atoms with Gasteiger partial charge in [0.1, 0.15) is 12.2 Å². The summed E-state index contributed by atoms with van der Waals surface area (Å²) < 4.78 is 14.7. The summed E-state index contributed by atoms with van der Waals surface area (Å²) in [6.07, 6.45) is 3.16. The van der Waals surface area contributed by atoms with E-state index in [4.69, 9.17) is 15.5 Å². The molecule has 0 rings (SSSR count). The number of hydrogen-bond acceptors (Lipinski definition) is 4. The van der Waals surface area contributed by atoms with E-state index in [0.29, 0.717) is 12.2 Å². The predicted octanol–water partition coefficient (Wildman–Crippen LogP) is 0.122. The summed E-state index contributed by atoms with van der Waals surface area (Å²) >= 11 is 0. The van der Waals surface area contributed by atoms with Crippen LogP contribution in [0.2, 0.25) is 0 Å². The fourth-order valence-corrected chi connectivity index (χ4v) is 1.04. The van der Waals surface area contributed by atoms with Crippen molar-refractivity contribution in [1.29, 1.82) is 0 Å². The minimum Gasteiger partial charge on any atom is -0.384 e. The molecule has 0 spiro atoms. The quantitative estimate of drug-likeness (QED) is 0.276. The molecular formula is C10H22N3O5P. The summed E-state index contributed by atoms with van der Waals surface area (Å²) in [5, 5.41) is 0. The van der Waals surface area contributed by atoms with Gasteiger partial charge in [-0.3, -0.25) is 14.4 Å². The number of hydrogen-bond donors (Lipinski definition) is 3. The van der Waals surface area contributed by atoms with Gasteiger partial charge in [0.25, 0.3) is 0 Å². The monoisotopic (exact) mass is 295 g/mol. The zero-order chi connectivity index (χ0) is 15.5. The summed E-state index contributed by atoms with van der Waals surface area (Å²) in [5.41, 5.74) is 5.30. The van der Waals surface area contributed by atoms with Crippen molar-refractivity contribution in [2.45, 2.75) is 20.0 Å². The molecule has 0 aromatic rings. The van der Waals surface area contributed by atoms with Crippen molar-refractivity contribution in [3.05, 3.63) is 12.3 Å². The van der Waals surface area contributed by atoms with E-state index < -0.39 is 13.9 Å². The van der Waals surface area contributed by atoms with Crippen LogP contribution >= 0.6 is 7.60 Å². The number of ether oxygens (including phenoxy) is 1. The number of amidine groups is 1. The molecule has 9 heteroatoms. The smallest absolute Gasteiger partial charge is 0.350 e. The Kier molecular flexibility index (Phi) is 11.3. The van der Waals surface area contributed by atoms with Crippen molar-refractivity contribution in [2.75, 3.05) is 20.4 Å². The van der Waals surface area contributed by atoms with E-state index in [1.54, 1.807) is 34.0 Å². The van der Waals surface area contributed by atoms with Crippen LogP contribution < -0.4 is 5.73 Å². The van der Waals surface area contributed by atoms with Crippen LogP contribution in [0.4, 0.5) is 0 Å². The van der Waals surface area contributed by atoms with Crippen LogP contribution in [0, 0.1) is 0 Å². The Morgan fingerprint density at radius 2 is 2.05 bits per heavy atom. The maximum absolute atomic E-state index is 10.1. The molecule has 8 nitrogen and oxygen atoms in total. The van der Waals surface area contributed by atoms with Crippen molar-refractivity contribution in [3.8, 4) is 0 Å². The summed E-state index contributed by atoms with van der Waals surface area (Å²) in [4.78, 5) is 31.5. The Morgan fingerprint density at radius 3 is 2.32 bits per heavy atom. The van der Waals surface area contributed by atoms with Gasteiger partial charge in [-0.2, -0.15) is 0 Å². The summed E-state index contributed by atoms with van der Waals surface area (Å²) in [5.74, 6) is 0.397. The normalized spacial score (nSPS) is 12.3. The van der Waals surface area contributed by atoms with Gasteiger partial charge >= 0.3 is 7.60 Å². The van der Waals surface area contributed by atoms with Gasteiger partial charge in [-0.25, -0.2) is 0 Å². The van der Waals surface area contributed by atoms with E-state index in [2.05, 4.69) is 9.73 Å². The van der Waals surface area contributed by atoms with E-state index >= 15 is 0 Å². The molecule has 0 aromatic heterocycles.